The average Bonchev–Trinajstić information content (AvgIpc) is 2.85. The maximum Gasteiger partial charge on any atom is 0.313 e. The van der Waals surface area contributed by atoms with Crippen LogP contribution >= 0.6 is 11.6 Å². The molecule has 2 aliphatic heterocycles. The van der Waals surface area contributed by atoms with Gasteiger partial charge in [-0.15, -0.1) is 0 Å². The van der Waals surface area contributed by atoms with Crippen molar-refractivity contribution in [1.82, 2.24) is 10.3 Å². The van der Waals surface area contributed by atoms with Crippen molar-refractivity contribution in [2.75, 3.05) is 31.1 Å². The van der Waals surface area contributed by atoms with E-state index in [1.54, 1.807) is 6.07 Å². The highest BCUT2D eigenvalue weighted by Gasteiger charge is 2.55. The van der Waals surface area contributed by atoms with Crippen LogP contribution in [0.15, 0.2) is 18.2 Å². The van der Waals surface area contributed by atoms with Crippen molar-refractivity contribution in [3.63, 3.8) is 0 Å². The predicted octanol–water partition coefficient (Wildman–Crippen LogP) is 0.845. The number of pyridine rings is 1. The molecule has 3 rings (SSSR count). The minimum Gasteiger partial charge on any atom is -0.481 e. The molecule has 6 heteroatoms. The zero-order valence-electron chi connectivity index (χ0n) is 9.77. The fourth-order valence-corrected chi connectivity index (χ4v) is 3.13. The zero-order valence-corrected chi connectivity index (χ0v) is 10.5. The molecule has 5 nitrogen and oxygen atoms in total. The molecular weight excluding hydrogens is 254 g/mol. The number of nitrogens with zero attached hydrogens (tertiary/aromatic N) is 2. The molecule has 0 saturated carbocycles. The number of aliphatic carboxylic acids is 1. The Hall–Kier alpha value is -1.33. The summed E-state index contributed by atoms with van der Waals surface area (Å²) in [6.07, 6.45) is 0. The summed E-state index contributed by atoms with van der Waals surface area (Å²) in [4.78, 5) is 17.8. The van der Waals surface area contributed by atoms with Gasteiger partial charge in [0.15, 0.2) is 0 Å². The van der Waals surface area contributed by atoms with Crippen LogP contribution in [0.25, 0.3) is 0 Å². The molecule has 2 N–H and O–H groups in total. The van der Waals surface area contributed by atoms with Crippen molar-refractivity contribution in [2.24, 2.45) is 11.3 Å². The second-order valence-electron chi connectivity index (χ2n) is 4.99. The quantitative estimate of drug-likeness (QED) is 0.778. The highest BCUT2D eigenvalue weighted by atomic mass is 35.5. The molecule has 96 valence electrons. The SMILES string of the molecule is O=C(O)[C@]12CNC[C@H]1CN(c1cccc(Cl)n1)C2. The largest absolute Gasteiger partial charge is 0.481 e. The Bertz CT molecular complexity index is 496. The lowest BCUT2D eigenvalue weighted by Gasteiger charge is -2.23. The molecule has 0 spiro atoms. The van der Waals surface area contributed by atoms with Crippen molar-refractivity contribution >= 4 is 23.4 Å². The molecule has 2 atom stereocenters. The molecule has 18 heavy (non-hydrogen) atoms. The van der Waals surface area contributed by atoms with E-state index < -0.39 is 11.4 Å². The predicted molar refractivity (Wildman–Crippen MR) is 67.9 cm³/mol. The fraction of sp³-hybridized carbons (Fsp3) is 0.500. The van der Waals surface area contributed by atoms with Crippen LogP contribution in [0.4, 0.5) is 5.82 Å². The number of carboxylic acids is 1. The van der Waals surface area contributed by atoms with Crippen LogP contribution in [-0.2, 0) is 4.79 Å². The van der Waals surface area contributed by atoms with Gasteiger partial charge in [-0.1, -0.05) is 17.7 Å². The fourth-order valence-electron chi connectivity index (χ4n) is 2.97. The zero-order chi connectivity index (χ0) is 12.8. The summed E-state index contributed by atoms with van der Waals surface area (Å²) in [6, 6.07) is 5.43. The van der Waals surface area contributed by atoms with Crippen molar-refractivity contribution in [2.45, 2.75) is 0 Å². The van der Waals surface area contributed by atoms with Crippen molar-refractivity contribution in [1.29, 1.82) is 0 Å². The second-order valence-corrected chi connectivity index (χ2v) is 5.38. The van der Waals surface area contributed by atoms with E-state index >= 15 is 0 Å². The molecule has 0 aromatic carbocycles. The summed E-state index contributed by atoms with van der Waals surface area (Å²) in [7, 11) is 0. The van der Waals surface area contributed by atoms with Crippen LogP contribution in [0, 0.1) is 11.3 Å². The third kappa shape index (κ3) is 1.66. The Labute approximate surface area is 110 Å². The third-order valence-corrected chi connectivity index (χ3v) is 4.19. The molecule has 1 aromatic rings. The number of anilines is 1. The topological polar surface area (TPSA) is 65.5 Å². The summed E-state index contributed by atoms with van der Waals surface area (Å²) in [5.41, 5.74) is -0.677. The van der Waals surface area contributed by atoms with Gasteiger partial charge in [-0.3, -0.25) is 4.79 Å². The molecule has 3 heterocycles. The monoisotopic (exact) mass is 267 g/mol. The normalized spacial score (nSPS) is 30.5. The van der Waals surface area contributed by atoms with E-state index in [4.69, 9.17) is 11.6 Å². The highest BCUT2D eigenvalue weighted by Crippen LogP contribution is 2.40. The average molecular weight is 268 g/mol. The first-order valence-electron chi connectivity index (χ1n) is 5.93. The smallest absolute Gasteiger partial charge is 0.313 e. The maximum atomic E-state index is 11.5. The van der Waals surface area contributed by atoms with Crippen LogP contribution in [-0.4, -0.2) is 42.2 Å². The Balaban J connectivity index is 1.89. The molecule has 1 aromatic heterocycles. The van der Waals surface area contributed by atoms with Crippen LogP contribution in [0.3, 0.4) is 0 Å². The third-order valence-electron chi connectivity index (χ3n) is 3.98. The Kier molecular flexibility index (Phi) is 2.68. The number of carbonyl (C=O) groups is 1. The van der Waals surface area contributed by atoms with Gasteiger partial charge in [-0.05, 0) is 12.1 Å². The van der Waals surface area contributed by atoms with Gasteiger partial charge in [-0.25, -0.2) is 4.98 Å². The van der Waals surface area contributed by atoms with Crippen LogP contribution in [0.1, 0.15) is 0 Å². The number of nitrogens with one attached hydrogen (secondary N) is 1. The standard InChI is InChI=1S/C12H14ClN3O2/c13-9-2-1-3-10(15-9)16-5-8-4-14-6-12(8,7-16)11(17)18/h1-3,8,14H,4-7H2,(H,17,18)/t8-,12-/m0/s1. The van der Waals surface area contributed by atoms with Crippen LogP contribution < -0.4 is 10.2 Å². The number of halogens is 1. The van der Waals surface area contributed by atoms with E-state index in [9.17, 15) is 9.90 Å². The molecule has 2 fully saturated rings. The molecule has 0 bridgehead atoms. The van der Waals surface area contributed by atoms with Crippen molar-refractivity contribution in [3.8, 4) is 0 Å². The maximum absolute atomic E-state index is 11.5. The minimum atomic E-state index is -0.720. The summed E-state index contributed by atoms with van der Waals surface area (Å²) in [5, 5.41) is 13.1. The molecule has 0 aliphatic carbocycles. The molecule has 2 saturated heterocycles. The summed E-state index contributed by atoms with van der Waals surface area (Å²) < 4.78 is 0. The van der Waals surface area contributed by atoms with Crippen molar-refractivity contribution < 1.29 is 9.90 Å². The van der Waals surface area contributed by atoms with E-state index in [2.05, 4.69) is 10.3 Å². The number of hydrogen-bond donors (Lipinski definition) is 2. The number of carboxylic acid groups (broad SMARTS) is 1. The highest BCUT2D eigenvalue weighted by molar-refractivity contribution is 6.29. The molecule has 0 amide bonds. The number of aromatic nitrogens is 1. The summed E-state index contributed by atoms with van der Waals surface area (Å²) in [6.45, 7) is 2.49. The number of rotatable bonds is 2. The van der Waals surface area contributed by atoms with Gasteiger partial charge >= 0.3 is 5.97 Å². The summed E-state index contributed by atoms with van der Waals surface area (Å²) >= 11 is 5.87. The van der Waals surface area contributed by atoms with Crippen LogP contribution in [0.5, 0.6) is 0 Å². The van der Waals surface area contributed by atoms with Gasteiger partial charge in [0.1, 0.15) is 16.4 Å². The Morgan fingerprint density at radius 3 is 3.11 bits per heavy atom. The molecule has 0 radical (unpaired) electrons. The lowest BCUT2D eigenvalue weighted by Crippen LogP contribution is -2.40. The molecule has 2 aliphatic rings. The Morgan fingerprint density at radius 1 is 1.61 bits per heavy atom. The van der Waals surface area contributed by atoms with E-state index in [1.807, 2.05) is 17.0 Å². The Morgan fingerprint density at radius 2 is 2.44 bits per heavy atom. The van der Waals surface area contributed by atoms with Gasteiger partial charge in [0.25, 0.3) is 0 Å². The molecular formula is C12H14ClN3O2. The lowest BCUT2D eigenvalue weighted by molar-refractivity contribution is -0.148. The van der Waals surface area contributed by atoms with E-state index in [0.29, 0.717) is 24.8 Å². The van der Waals surface area contributed by atoms with Gasteiger partial charge in [0.05, 0.1) is 0 Å². The first-order valence-corrected chi connectivity index (χ1v) is 6.31. The van der Waals surface area contributed by atoms with Gasteiger partial charge in [0, 0.05) is 32.1 Å². The van der Waals surface area contributed by atoms with Crippen LogP contribution in [0.2, 0.25) is 5.15 Å². The number of fused-ring (bicyclic) bond motifs is 1. The minimum absolute atomic E-state index is 0.135. The number of hydrogen-bond acceptors (Lipinski definition) is 4. The second kappa shape index (κ2) is 4.10. The first-order chi connectivity index (χ1) is 8.62. The van der Waals surface area contributed by atoms with Gasteiger partial charge in [-0.2, -0.15) is 0 Å². The van der Waals surface area contributed by atoms with E-state index in [0.717, 1.165) is 12.4 Å². The van der Waals surface area contributed by atoms with Crippen molar-refractivity contribution in [3.05, 3.63) is 23.4 Å². The van der Waals surface area contributed by atoms with Gasteiger partial charge in [0.2, 0.25) is 0 Å². The lowest BCUT2D eigenvalue weighted by atomic mass is 9.81. The molecule has 0 unspecified atom stereocenters. The summed E-state index contributed by atoms with van der Waals surface area (Å²) in [5.74, 6) is 0.176. The first kappa shape index (κ1) is 11.7. The van der Waals surface area contributed by atoms with E-state index in [-0.39, 0.29) is 5.92 Å². The van der Waals surface area contributed by atoms with Gasteiger partial charge < -0.3 is 15.3 Å². The van der Waals surface area contributed by atoms with E-state index in [1.165, 1.54) is 0 Å².